The molecule has 0 amide bonds. The molecular weight excluding hydrogens is 232 g/mol. The van der Waals surface area contributed by atoms with Crippen LogP contribution in [0.5, 0.6) is 0 Å². The Morgan fingerprint density at radius 1 is 1.21 bits per heavy atom. The predicted molar refractivity (Wildman–Crippen MR) is 82.2 cm³/mol. The van der Waals surface area contributed by atoms with Gasteiger partial charge in [-0.2, -0.15) is 0 Å². The van der Waals surface area contributed by atoms with E-state index in [0.717, 1.165) is 12.5 Å². The maximum absolute atomic E-state index is 6.00. The van der Waals surface area contributed by atoms with Gasteiger partial charge in [0.05, 0.1) is 0 Å². The maximum atomic E-state index is 6.00. The van der Waals surface area contributed by atoms with Gasteiger partial charge in [-0.05, 0) is 43.4 Å². The van der Waals surface area contributed by atoms with Crippen LogP contribution in [0, 0.1) is 5.92 Å². The molecule has 1 aromatic carbocycles. The van der Waals surface area contributed by atoms with Crippen LogP contribution in [0.3, 0.4) is 0 Å². The van der Waals surface area contributed by atoms with E-state index in [4.69, 9.17) is 5.73 Å². The minimum absolute atomic E-state index is 0.374. The third-order valence-electron chi connectivity index (χ3n) is 4.37. The monoisotopic (exact) mass is 260 g/mol. The summed E-state index contributed by atoms with van der Waals surface area (Å²) < 4.78 is 0. The summed E-state index contributed by atoms with van der Waals surface area (Å²) in [7, 11) is 2.23. The Labute approximate surface area is 118 Å². The Bertz CT molecular complexity index is 379. The van der Waals surface area contributed by atoms with E-state index in [1.807, 2.05) is 0 Å². The second-order valence-electron chi connectivity index (χ2n) is 6.34. The van der Waals surface area contributed by atoms with Crippen molar-refractivity contribution in [1.29, 1.82) is 0 Å². The molecule has 1 unspecified atom stereocenters. The third-order valence-corrected chi connectivity index (χ3v) is 4.37. The minimum atomic E-state index is 0.374. The number of hydrogen-bond acceptors (Lipinski definition) is 2. The Morgan fingerprint density at radius 2 is 1.84 bits per heavy atom. The van der Waals surface area contributed by atoms with Gasteiger partial charge in [0, 0.05) is 18.6 Å². The molecule has 0 radical (unpaired) electrons. The van der Waals surface area contributed by atoms with Gasteiger partial charge in [0.1, 0.15) is 0 Å². The molecule has 0 heterocycles. The average molecular weight is 260 g/mol. The summed E-state index contributed by atoms with van der Waals surface area (Å²) in [6.07, 6.45) is 5.20. The molecule has 1 aromatic rings. The SMILES string of the molecule is CC(C)Cc1ccc(C(CN)N(C)C2CCC2)cc1. The highest BCUT2D eigenvalue weighted by Gasteiger charge is 2.27. The largest absolute Gasteiger partial charge is 0.329 e. The first-order chi connectivity index (χ1) is 9.11. The lowest BCUT2D eigenvalue weighted by molar-refractivity contribution is 0.113. The van der Waals surface area contributed by atoms with E-state index >= 15 is 0 Å². The van der Waals surface area contributed by atoms with Crippen molar-refractivity contribution in [3.63, 3.8) is 0 Å². The second kappa shape index (κ2) is 6.53. The van der Waals surface area contributed by atoms with E-state index in [2.05, 4.69) is 50.1 Å². The molecule has 2 heteroatoms. The van der Waals surface area contributed by atoms with Crippen molar-refractivity contribution in [3.8, 4) is 0 Å². The zero-order valence-corrected chi connectivity index (χ0v) is 12.6. The number of rotatable bonds is 6. The molecule has 19 heavy (non-hydrogen) atoms. The van der Waals surface area contributed by atoms with E-state index in [9.17, 15) is 0 Å². The number of nitrogens with two attached hydrogens (primary N) is 1. The summed E-state index contributed by atoms with van der Waals surface area (Å²) in [5.41, 5.74) is 8.80. The summed E-state index contributed by atoms with van der Waals surface area (Å²) >= 11 is 0. The summed E-state index contributed by atoms with van der Waals surface area (Å²) in [6.45, 7) is 5.23. The molecule has 2 nitrogen and oxygen atoms in total. The fraction of sp³-hybridized carbons (Fsp3) is 0.647. The molecule has 2 N–H and O–H groups in total. The maximum Gasteiger partial charge on any atom is 0.0470 e. The smallest absolute Gasteiger partial charge is 0.0470 e. The lowest BCUT2D eigenvalue weighted by Gasteiger charge is -2.39. The van der Waals surface area contributed by atoms with Gasteiger partial charge in [-0.1, -0.05) is 44.5 Å². The first-order valence-electron chi connectivity index (χ1n) is 7.62. The Hall–Kier alpha value is -0.860. The van der Waals surface area contributed by atoms with Crippen molar-refractivity contribution in [3.05, 3.63) is 35.4 Å². The molecule has 1 fully saturated rings. The van der Waals surface area contributed by atoms with Crippen LogP contribution in [-0.4, -0.2) is 24.5 Å². The molecule has 1 atom stereocenters. The summed E-state index contributed by atoms with van der Waals surface area (Å²) in [6, 6.07) is 10.2. The number of nitrogens with zero attached hydrogens (tertiary/aromatic N) is 1. The lowest BCUT2D eigenvalue weighted by Crippen LogP contribution is -2.42. The van der Waals surface area contributed by atoms with E-state index < -0.39 is 0 Å². The Balaban J connectivity index is 2.05. The number of likely N-dealkylation sites (N-methyl/N-ethyl adjacent to an activating group) is 1. The van der Waals surface area contributed by atoms with E-state index in [1.54, 1.807) is 0 Å². The highest BCUT2D eigenvalue weighted by atomic mass is 15.2. The first kappa shape index (κ1) is 14.5. The zero-order valence-electron chi connectivity index (χ0n) is 12.6. The molecule has 0 spiro atoms. The number of benzene rings is 1. The highest BCUT2D eigenvalue weighted by Crippen LogP contribution is 2.30. The molecule has 1 aliphatic carbocycles. The van der Waals surface area contributed by atoms with Gasteiger partial charge in [-0.3, -0.25) is 4.90 Å². The fourth-order valence-corrected chi connectivity index (χ4v) is 2.93. The topological polar surface area (TPSA) is 29.3 Å². The average Bonchev–Trinajstić information content (AvgIpc) is 2.29. The first-order valence-corrected chi connectivity index (χ1v) is 7.62. The third kappa shape index (κ3) is 3.58. The Kier molecular flexibility index (Phi) is 5.00. The zero-order chi connectivity index (χ0) is 13.8. The van der Waals surface area contributed by atoms with Gasteiger partial charge >= 0.3 is 0 Å². The summed E-state index contributed by atoms with van der Waals surface area (Å²) in [5, 5.41) is 0. The normalized spacial score (nSPS) is 17.8. The second-order valence-corrected chi connectivity index (χ2v) is 6.34. The van der Waals surface area contributed by atoms with Gasteiger partial charge in [0.2, 0.25) is 0 Å². The van der Waals surface area contributed by atoms with Crippen molar-refractivity contribution < 1.29 is 0 Å². The van der Waals surface area contributed by atoms with Crippen LogP contribution in [0.4, 0.5) is 0 Å². The predicted octanol–water partition coefficient (Wildman–Crippen LogP) is 3.37. The molecule has 2 rings (SSSR count). The summed E-state index contributed by atoms with van der Waals surface area (Å²) in [4.78, 5) is 2.47. The highest BCUT2D eigenvalue weighted by molar-refractivity contribution is 5.26. The van der Waals surface area contributed by atoms with Crippen molar-refractivity contribution in [2.45, 2.75) is 51.6 Å². The van der Waals surface area contributed by atoms with Crippen LogP contribution in [0.15, 0.2) is 24.3 Å². The summed E-state index contributed by atoms with van der Waals surface area (Å²) in [5.74, 6) is 0.716. The van der Waals surface area contributed by atoms with Crippen LogP contribution in [0.1, 0.15) is 50.3 Å². The molecule has 0 bridgehead atoms. The molecule has 0 aliphatic heterocycles. The van der Waals surface area contributed by atoms with Crippen molar-refractivity contribution in [2.24, 2.45) is 11.7 Å². The van der Waals surface area contributed by atoms with Gasteiger partial charge in [-0.25, -0.2) is 0 Å². The van der Waals surface area contributed by atoms with Crippen LogP contribution < -0.4 is 5.73 Å². The Morgan fingerprint density at radius 3 is 2.26 bits per heavy atom. The molecule has 106 valence electrons. The van der Waals surface area contributed by atoms with Crippen molar-refractivity contribution >= 4 is 0 Å². The number of hydrogen-bond donors (Lipinski definition) is 1. The van der Waals surface area contributed by atoms with Crippen molar-refractivity contribution in [1.82, 2.24) is 4.90 Å². The molecular formula is C17H28N2. The molecule has 0 aromatic heterocycles. The molecule has 1 saturated carbocycles. The lowest BCUT2D eigenvalue weighted by atomic mass is 9.89. The van der Waals surface area contributed by atoms with Crippen LogP contribution in [-0.2, 0) is 6.42 Å². The van der Waals surface area contributed by atoms with Crippen LogP contribution >= 0.6 is 0 Å². The standard InChI is InChI=1S/C17H28N2/c1-13(2)11-14-7-9-15(10-8-14)17(12-18)19(3)16-5-4-6-16/h7-10,13,16-17H,4-6,11-12,18H2,1-3H3. The van der Waals surface area contributed by atoms with Gasteiger partial charge in [-0.15, -0.1) is 0 Å². The van der Waals surface area contributed by atoms with Gasteiger partial charge in [0.25, 0.3) is 0 Å². The van der Waals surface area contributed by atoms with E-state index in [1.165, 1.54) is 30.4 Å². The quantitative estimate of drug-likeness (QED) is 0.849. The molecule has 0 saturated heterocycles. The van der Waals surface area contributed by atoms with Crippen LogP contribution in [0.25, 0.3) is 0 Å². The minimum Gasteiger partial charge on any atom is -0.329 e. The van der Waals surface area contributed by atoms with Crippen molar-refractivity contribution in [2.75, 3.05) is 13.6 Å². The van der Waals surface area contributed by atoms with Crippen LogP contribution in [0.2, 0.25) is 0 Å². The fourth-order valence-electron chi connectivity index (χ4n) is 2.93. The van der Waals surface area contributed by atoms with E-state index in [-0.39, 0.29) is 0 Å². The van der Waals surface area contributed by atoms with Gasteiger partial charge < -0.3 is 5.73 Å². The van der Waals surface area contributed by atoms with Gasteiger partial charge in [0.15, 0.2) is 0 Å². The molecule has 1 aliphatic rings. The van der Waals surface area contributed by atoms with E-state index in [0.29, 0.717) is 18.5 Å².